The van der Waals surface area contributed by atoms with Crippen molar-refractivity contribution in [1.29, 1.82) is 0 Å². The Morgan fingerprint density at radius 3 is 2.00 bits per heavy atom. The molecule has 2 N–H and O–H groups in total. The summed E-state index contributed by atoms with van der Waals surface area (Å²) in [6.45, 7) is 2.15. The average Bonchev–Trinajstić information content (AvgIpc) is 2.76. The lowest BCUT2D eigenvalue weighted by Crippen LogP contribution is -2.43. The number of benzene rings is 2. The van der Waals surface area contributed by atoms with Crippen LogP contribution in [0.25, 0.3) is 0 Å². The van der Waals surface area contributed by atoms with Crippen LogP contribution in [0.4, 0.5) is 0 Å². The van der Waals surface area contributed by atoms with E-state index in [1.54, 1.807) is 6.92 Å². The molecular formula is C23H30O6. The number of carbonyl (C=O) groups is 1. The molecule has 0 aliphatic heterocycles. The number of hydrogen-bond donors (Lipinski definition) is 2. The minimum Gasteiger partial charge on any atom is -0.466 e. The number of esters is 1. The van der Waals surface area contributed by atoms with E-state index in [-0.39, 0.29) is 19.0 Å². The third-order valence-electron chi connectivity index (χ3n) is 4.46. The van der Waals surface area contributed by atoms with Gasteiger partial charge in [0, 0.05) is 6.42 Å². The molecule has 6 heteroatoms. The summed E-state index contributed by atoms with van der Waals surface area (Å²) >= 11 is 0. The van der Waals surface area contributed by atoms with Gasteiger partial charge in [0.05, 0.1) is 32.5 Å². The Hall–Kier alpha value is -2.25. The molecule has 0 saturated carbocycles. The molecule has 6 nitrogen and oxygen atoms in total. The highest BCUT2D eigenvalue weighted by Crippen LogP contribution is 2.19. The van der Waals surface area contributed by atoms with Gasteiger partial charge in [-0.2, -0.15) is 0 Å². The fourth-order valence-electron chi connectivity index (χ4n) is 2.95. The van der Waals surface area contributed by atoms with Gasteiger partial charge < -0.3 is 24.4 Å². The first-order chi connectivity index (χ1) is 14.1. The quantitative estimate of drug-likeness (QED) is 0.501. The first-order valence-corrected chi connectivity index (χ1v) is 9.89. The Bertz CT molecular complexity index is 691. The monoisotopic (exact) mass is 402 g/mol. The van der Waals surface area contributed by atoms with E-state index in [1.807, 2.05) is 60.7 Å². The van der Waals surface area contributed by atoms with E-state index < -0.39 is 24.9 Å². The second-order valence-corrected chi connectivity index (χ2v) is 6.69. The summed E-state index contributed by atoms with van der Waals surface area (Å²) in [7, 11) is 0. The van der Waals surface area contributed by atoms with Crippen molar-refractivity contribution in [3.63, 3.8) is 0 Å². The van der Waals surface area contributed by atoms with Crippen LogP contribution in [0.3, 0.4) is 0 Å². The summed E-state index contributed by atoms with van der Waals surface area (Å²) in [4.78, 5) is 11.8. The lowest BCUT2D eigenvalue weighted by atomic mass is 10.0. The van der Waals surface area contributed by atoms with Crippen molar-refractivity contribution in [2.75, 3.05) is 13.2 Å². The van der Waals surface area contributed by atoms with Gasteiger partial charge in [-0.25, -0.2) is 0 Å². The van der Waals surface area contributed by atoms with E-state index in [4.69, 9.17) is 14.2 Å². The summed E-state index contributed by atoms with van der Waals surface area (Å²) in [6, 6.07) is 19.2. The van der Waals surface area contributed by atoms with E-state index in [9.17, 15) is 15.0 Å². The van der Waals surface area contributed by atoms with Crippen LogP contribution in [-0.2, 0) is 32.2 Å². The Morgan fingerprint density at radius 1 is 0.931 bits per heavy atom. The molecule has 3 atom stereocenters. The zero-order valence-electron chi connectivity index (χ0n) is 16.8. The van der Waals surface area contributed by atoms with Crippen LogP contribution < -0.4 is 0 Å². The smallest absolute Gasteiger partial charge is 0.305 e. The number of aliphatic hydroxyl groups is 2. The first-order valence-electron chi connectivity index (χ1n) is 9.89. The fourth-order valence-corrected chi connectivity index (χ4v) is 2.95. The molecule has 2 aromatic rings. The van der Waals surface area contributed by atoms with Crippen molar-refractivity contribution in [3.8, 4) is 0 Å². The molecule has 29 heavy (non-hydrogen) atoms. The molecule has 0 amide bonds. The molecule has 0 saturated heterocycles. The van der Waals surface area contributed by atoms with Gasteiger partial charge in [0.2, 0.25) is 0 Å². The minimum atomic E-state index is -1.14. The van der Waals surface area contributed by atoms with Crippen LogP contribution in [-0.4, -0.2) is 47.7 Å². The Morgan fingerprint density at radius 2 is 1.48 bits per heavy atom. The highest BCUT2D eigenvalue weighted by Gasteiger charge is 2.30. The third-order valence-corrected chi connectivity index (χ3v) is 4.46. The number of aliphatic hydroxyl groups excluding tert-OH is 2. The molecule has 0 fully saturated rings. The van der Waals surface area contributed by atoms with E-state index in [1.165, 1.54) is 0 Å². The molecule has 0 spiro atoms. The lowest BCUT2D eigenvalue weighted by molar-refractivity contribution is -0.153. The zero-order chi connectivity index (χ0) is 20.9. The Labute approximate surface area is 172 Å². The fraction of sp³-hybridized carbons (Fsp3) is 0.435. The molecule has 0 aliphatic rings. The van der Waals surface area contributed by atoms with Crippen molar-refractivity contribution < 1.29 is 29.2 Å². The standard InChI is InChI=1S/C23H30O6/c1-2-27-22(26)14-13-21(28-16-18-9-5-3-6-10-18)23(20(25)15-24)29-17-19-11-7-4-8-12-19/h3-12,20-21,23-25H,2,13-17H2,1H3/t20-,21-,23-/m1/s1. The van der Waals surface area contributed by atoms with Crippen LogP contribution >= 0.6 is 0 Å². The first kappa shape index (κ1) is 23.0. The van der Waals surface area contributed by atoms with Gasteiger partial charge in [-0.1, -0.05) is 60.7 Å². The maximum Gasteiger partial charge on any atom is 0.305 e. The average molecular weight is 402 g/mol. The maximum atomic E-state index is 11.8. The number of hydrogen-bond acceptors (Lipinski definition) is 6. The topological polar surface area (TPSA) is 85.2 Å². The van der Waals surface area contributed by atoms with E-state index in [0.29, 0.717) is 19.6 Å². The largest absolute Gasteiger partial charge is 0.466 e. The van der Waals surface area contributed by atoms with E-state index in [0.717, 1.165) is 11.1 Å². The van der Waals surface area contributed by atoms with Gasteiger partial charge in [-0.3, -0.25) is 4.79 Å². The molecule has 0 heterocycles. The summed E-state index contributed by atoms with van der Waals surface area (Å²) < 4.78 is 17.0. The summed E-state index contributed by atoms with van der Waals surface area (Å²) in [5, 5.41) is 19.9. The highest BCUT2D eigenvalue weighted by atomic mass is 16.6. The molecule has 0 radical (unpaired) electrons. The summed E-state index contributed by atoms with van der Waals surface area (Å²) in [5.41, 5.74) is 1.91. The van der Waals surface area contributed by atoms with Crippen LogP contribution in [0.2, 0.25) is 0 Å². The molecule has 0 bridgehead atoms. The normalized spacial score (nSPS) is 14.2. The highest BCUT2D eigenvalue weighted by molar-refractivity contribution is 5.69. The summed E-state index contributed by atoms with van der Waals surface area (Å²) in [5.74, 6) is -0.332. The van der Waals surface area contributed by atoms with E-state index >= 15 is 0 Å². The van der Waals surface area contributed by atoms with Gasteiger partial charge in [0.1, 0.15) is 12.2 Å². The van der Waals surface area contributed by atoms with Crippen molar-refractivity contribution in [2.45, 2.75) is 51.3 Å². The predicted molar refractivity (Wildman–Crippen MR) is 109 cm³/mol. The van der Waals surface area contributed by atoms with Gasteiger partial charge in [0.15, 0.2) is 0 Å². The molecule has 2 rings (SSSR count). The number of ether oxygens (including phenoxy) is 3. The Balaban J connectivity index is 2.08. The van der Waals surface area contributed by atoms with Gasteiger partial charge in [-0.15, -0.1) is 0 Å². The molecule has 2 aromatic carbocycles. The number of carbonyl (C=O) groups excluding carboxylic acids is 1. The van der Waals surface area contributed by atoms with Gasteiger partial charge in [-0.05, 0) is 24.5 Å². The van der Waals surface area contributed by atoms with E-state index in [2.05, 4.69) is 0 Å². The molecule has 0 aliphatic carbocycles. The van der Waals surface area contributed by atoms with Crippen LogP contribution in [0.1, 0.15) is 30.9 Å². The number of rotatable bonds is 13. The molecule has 158 valence electrons. The second kappa shape index (κ2) is 13.1. The predicted octanol–water partition coefficient (Wildman–Crippen LogP) is 2.85. The minimum absolute atomic E-state index is 0.136. The van der Waals surface area contributed by atoms with Crippen LogP contribution in [0, 0.1) is 0 Å². The third kappa shape index (κ3) is 8.33. The van der Waals surface area contributed by atoms with Gasteiger partial charge in [0.25, 0.3) is 0 Å². The molecule has 0 unspecified atom stereocenters. The van der Waals surface area contributed by atoms with Crippen molar-refractivity contribution >= 4 is 5.97 Å². The molecular weight excluding hydrogens is 372 g/mol. The molecule has 0 aromatic heterocycles. The van der Waals surface area contributed by atoms with Crippen LogP contribution in [0.5, 0.6) is 0 Å². The lowest BCUT2D eigenvalue weighted by Gasteiger charge is -2.30. The van der Waals surface area contributed by atoms with Crippen molar-refractivity contribution in [2.24, 2.45) is 0 Å². The Kier molecular flexibility index (Phi) is 10.4. The van der Waals surface area contributed by atoms with Crippen LogP contribution in [0.15, 0.2) is 60.7 Å². The van der Waals surface area contributed by atoms with Crippen molar-refractivity contribution in [3.05, 3.63) is 71.8 Å². The maximum absolute atomic E-state index is 11.8. The zero-order valence-corrected chi connectivity index (χ0v) is 16.8. The SMILES string of the molecule is CCOC(=O)CC[C@@H](OCc1ccccc1)[C@H](OCc1ccccc1)[C@H](O)CO. The summed E-state index contributed by atoms with van der Waals surface area (Å²) in [6.07, 6.45) is -2.08. The van der Waals surface area contributed by atoms with Gasteiger partial charge >= 0.3 is 5.97 Å². The van der Waals surface area contributed by atoms with Crippen molar-refractivity contribution in [1.82, 2.24) is 0 Å². The second-order valence-electron chi connectivity index (χ2n) is 6.69.